The molecule has 0 fully saturated rings. The van der Waals surface area contributed by atoms with Crippen LogP contribution in [-0.4, -0.2) is 18.2 Å². The number of ether oxygens (including phenoxy) is 1. The minimum atomic E-state index is -0.234. The van der Waals surface area contributed by atoms with Crippen molar-refractivity contribution in [2.45, 2.75) is 33.0 Å². The summed E-state index contributed by atoms with van der Waals surface area (Å²) in [5.74, 6) is 1.03. The molecule has 0 bridgehead atoms. The minimum absolute atomic E-state index is 0.0417. The average Bonchev–Trinajstić information content (AvgIpc) is 2.64. The Bertz CT molecular complexity index is 684. The number of carbonyl (C=O) groups excluding carboxylic acids is 1. The Morgan fingerprint density at radius 3 is 2.28 bits per heavy atom. The summed E-state index contributed by atoms with van der Waals surface area (Å²) in [4.78, 5) is 12.3. The SMILES string of the molecule is COc1ccc(C(NC(=O)NCc2ccccc2CO)C(C)C)cc1. The Morgan fingerprint density at radius 2 is 1.72 bits per heavy atom. The number of urea groups is 1. The van der Waals surface area contributed by atoms with Crippen molar-refractivity contribution in [1.29, 1.82) is 0 Å². The molecule has 2 aromatic rings. The molecular formula is C20H26N2O3. The lowest BCUT2D eigenvalue weighted by atomic mass is 9.96. The third-order valence-electron chi connectivity index (χ3n) is 4.16. The summed E-state index contributed by atoms with van der Waals surface area (Å²) in [6, 6.07) is 14.9. The summed E-state index contributed by atoms with van der Waals surface area (Å²) in [5.41, 5.74) is 2.76. The van der Waals surface area contributed by atoms with Crippen LogP contribution in [0.2, 0.25) is 0 Å². The van der Waals surface area contributed by atoms with Gasteiger partial charge in [-0.05, 0) is 34.7 Å². The normalized spacial score (nSPS) is 11.9. The number of aliphatic hydroxyl groups excluding tert-OH is 1. The highest BCUT2D eigenvalue weighted by atomic mass is 16.5. The Balaban J connectivity index is 2.00. The van der Waals surface area contributed by atoms with Gasteiger partial charge in [0.1, 0.15) is 5.75 Å². The van der Waals surface area contributed by atoms with E-state index in [2.05, 4.69) is 24.5 Å². The van der Waals surface area contributed by atoms with Crippen molar-refractivity contribution in [1.82, 2.24) is 10.6 Å². The fraction of sp³-hybridized carbons (Fsp3) is 0.350. The van der Waals surface area contributed by atoms with E-state index in [1.807, 2.05) is 48.5 Å². The van der Waals surface area contributed by atoms with Gasteiger partial charge in [0.2, 0.25) is 0 Å². The van der Waals surface area contributed by atoms with E-state index in [9.17, 15) is 9.90 Å². The number of rotatable bonds is 7. The lowest BCUT2D eigenvalue weighted by Gasteiger charge is -2.23. The molecular weight excluding hydrogens is 316 g/mol. The highest BCUT2D eigenvalue weighted by molar-refractivity contribution is 5.74. The van der Waals surface area contributed by atoms with Crippen molar-refractivity contribution in [2.75, 3.05) is 7.11 Å². The van der Waals surface area contributed by atoms with Gasteiger partial charge in [0.25, 0.3) is 0 Å². The Labute approximate surface area is 149 Å². The molecule has 0 spiro atoms. The first kappa shape index (κ1) is 18.8. The molecule has 3 N–H and O–H groups in total. The van der Waals surface area contributed by atoms with Gasteiger partial charge in [0.15, 0.2) is 0 Å². The van der Waals surface area contributed by atoms with E-state index in [0.29, 0.717) is 6.54 Å². The number of hydrogen-bond acceptors (Lipinski definition) is 3. The number of methoxy groups -OCH3 is 1. The highest BCUT2D eigenvalue weighted by Gasteiger charge is 2.18. The maximum atomic E-state index is 12.3. The van der Waals surface area contributed by atoms with Crippen molar-refractivity contribution in [3.8, 4) is 5.75 Å². The largest absolute Gasteiger partial charge is 0.497 e. The Kier molecular flexibility index (Phi) is 6.83. The van der Waals surface area contributed by atoms with Crippen LogP contribution in [0.3, 0.4) is 0 Å². The molecule has 1 unspecified atom stereocenters. The second-order valence-electron chi connectivity index (χ2n) is 6.25. The predicted octanol–water partition coefficient (Wildman–Crippen LogP) is 3.38. The molecule has 2 aromatic carbocycles. The van der Waals surface area contributed by atoms with Gasteiger partial charge in [-0.1, -0.05) is 50.2 Å². The molecule has 0 aliphatic heterocycles. The van der Waals surface area contributed by atoms with Crippen LogP contribution in [0.15, 0.2) is 48.5 Å². The van der Waals surface area contributed by atoms with E-state index in [1.54, 1.807) is 7.11 Å². The van der Waals surface area contributed by atoms with Crippen LogP contribution in [-0.2, 0) is 13.2 Å². The van der Waals surface area contributed by atoms with Gasteiger partial charge >= 0.3 is 6.03 Å². The third-order valence-corrected chi connectivity index (χ3v) is 4.16. The summed E-state index contributed by atoms with van der Waals surface area (Å²) in [5, 5.41) is 15.2. The van der Waals surface area contributed by atoms with Crippen molar-refractivity contribution in [2.24, 2.45) is 5.92 Å². The van der Waals surface area contributed by atoms with Crippen LogP contribution in [0.1, 0.15) is 36.6 Å². The zero-order valence-electron chi connectivity index (χ0n) is 15.0. The second kappa shape index (κ2) is 9.08. The van der Waals surface area contributed by atoms with Crippen molar-refractivity contribution < 1.29 is 14.6 Å². The maximum absolute atomic E-state index is 12.3. The maximum Gasteiger partial charge on any atom is 0.315 e. The topological polar surface area (TPSA) is 70.6 Å². The summed E-state index contributed by atoms with van der Waals surface area (Å²) >= 11 is 0. The van der Waals surface area contributed by atoms with Gasteiger partial charge in [0.05, 0.1) is 19.8 Å². The molecule has 0 aromatic heterocycles. The summed E-state index contributed by atoms with van der Waals surface area (Å²) in [6.07, 6.45) is 0. The van der Waals surface area contributed by atoms with E-state index >= 15 is 0 Å². The first-order valence-corrected chi connectivity index (χ1v) is 8.41. The average molecular weight is 342 g/mol. The minimum Gasteiger partial charge on any atom is -0.497 e. The number of hydrogen-bond donors (Lipinski definition) is 3. The number of carbonyl (C=O) groups is 1. The Hall–Kier alpha value is -2.53. The van der Waals surface area contributed by atoms with Crippen LogP contribution in [0, 0.1) is 5.92 Å². The summed E-state index contributed by atoms with van der Waals surface area (Å²) in [6.45, 7) is 4.46. The molecule has 1 atom stereocenters. The smallest absolute Gasteiger partial charge is 0.315 e. The van der Waals surface area contributed by atoms with Crippen molar-refractivity contribution in [3.63, 3.8) is 0 Å². The standard InChI is InChI=1S/C20H26N2O3/c1-14(2)19(15-8-10-18(25-3)11-9-15)22-20(24)21-12-16-6-4-5-7-17(16)13-23/h4-11,14,19,23H,12-13H2,1-3H3,(H2,21,22,24). The van der Waals surface area contributed by atoms with Crippen LogP contribution in [0.25, 0.3) is 0 Å². The molecule has 0 saturated heterocycles. The molecule has 0 heterocycles. The van der Waals surface area contributed by atoms with Crippen molar-refractivity contribution in [3.05, 3.63) is 65.2 Å². The molecule has 0 aliphatic carbocycles. The molecule has 0 aliphatic rings. The fourth-order valence-corrected chi connectivity index (χ4v) is 2.70. The predicted molar refractivity (Wildman–Crippen MR) is 98.3 cm³/mol. The van der Waals surface area contributed by atoms with Crippen molar-refractivity contribution >= 4 is 6.03 Å². The zero-order chi connectivity index (χ0) is 18.2. The number of aliphatic hydroxyl groups is 1. The molecule has 134 valence electrons. The fourth-order valence-electron chi connectivity index (χ4n) is 2.70. The van der Waals surface area contributed by atoms with Gasteiger partial charge in [-0.3, -0.25) is 0 Å². The van der Waals surface area contributed by atoms with E-state index in [1.165, 1.54) is 0 Å². The number of amides is 2. The zero-order valence-corrected chi connectivity index (χ0v) is 15.0. The first-order valence-electron chi connectivity index (χ1n) is 8.41. The molecule has 5 heteroatoms. The molecule has 2 amide bonds. The summed E-state index contributed by atoms with van der Waals surface area (Å²) < 4.78 is 5.18. The highest BCUT2D eigenvalue weighted by Crippen LogP contribution is 2.23. The molecule has 2 rings (SSSR count). The van der Waals surface area contributed by atoms with E-state index < -0.39 is 0 Å². The van der Waals surface area contributed by atoms with Crippen LogP contribution >= 0.6 is 0 Å². The summed E-state index contributed by atoms with van der Waals surface area (Å²) in [7, 11) is 1.63. The van der Waals surface area contributed by atoms with E-state index in [0.717, 1.165) is 22.4 Å². The van der Waals surface area contributed by atoms with E-state index in [-0.39, 0.29) is 24.6 Å². The van der Waals surface area contributed by atoms with Crippen LogP contribution < -0.4 is 15.4 Å². The van der Waals surface area contributed by atoms with Crippen LogP contribution in [0.4, 0.5) is 4.79 Å². The van der Waals surface area contributed by atoms with Crippen LogP contribution in [0.5, 0.6) is 5.75 Å². The second-order valence-corrected chi connectivity index (χ2v) is 6.25. The third kappa shape index (κ3) is 5.22. The molecule has 0 radical (unpaired) electrons. The van der Waals surface area contributed by atoms with Gasteiger partial charge in [-0.2, -0.15) is 0 Å². The quantitative estimate of drug-likeness (QED) is 0.722. The molecule has 5 nitrogen and oxygen atoms in total. The van der Waals surface area contributed by atoms with Gasteiger partial charge in [-0.25, -0.2) is 4.79 Å². The lowest BCUT2D eigenvalue weighted by Crippen LogP contribution is -2.39. The Morgan fingerprint density at radius 1 is 1.08 bits per heavy atom. The number of nitrogens with one attached hydrogen (secondary N) is 2. The molecule has 25 heavy (non-hydrogen) atoms. The monoisotopic (exact) mass is 342 g/mol. The van der Waals surface area contributed by atoms with E-state index in [4.69, 9.17) is 4.74 Å². The first-order chi connectivity index (χ1) is 12.0. The van der Waals surface area contributed by atoms with Gasteiger partial charge < -0.3 is 20.5 Å². The number of benzene rings is 2. The van der Waals surface area contributed by atoms with Gasteiger partial charge in [-0.15, -0.1) is 0 Å². The molecule has 0 saturated carbocycles. The lowest BCUT2D eigenvalue weighted by molar-refractivity contribution is 0.232. The van der Waals surface area contributed by atoms with Gasteiger partial charge in [0, 0.05) is 6.54 Å².